The number of nitrogens with one attached hydrogen (secondary N) is 1. The molecule has 0 aliphatic heterocycles. The summed E-state index contributed by atoms with van der Waals surface area (Å²) in [4.78, 5) is 1.38. The average Bonchev–Trinajstić information content (AvgIpc) is 2.86. The Balaban J connectivity index is 2.02. The van der Waals surface area contributed by atoms with Crippen LogP contribution in [0.15, 0.2) is 29.6 Å². The Morgan fingerprint density at radius 2 is 2.22 bits per heavy atom. The van der Waals surface area contributed by atoms with Gasteiger partial charge in [0.2, 0.25) is 0 Å². The van der Waals surface area contributed by atoms with Crippen molar-refractivity contribution in [2.75, 3.05) is 19.0 Å². The van der Waals surface area contributed by atoms with Gasteiger partial charge in [-0.2, -0.15) is 0 Å². The number of halogens is 1. The van der Waals surface area contributed by atoms with Crippen molar-refractivity contribution in [1.29, 1.82) is 0 Å². The smallest absolute Gasteiger partial charge is 0.143 e. The number of hydrogen-bond acceptors (Lipinski definition) is 3. The largest absolute Gasteiger partial charge is 0.495 e. The van der Waals surface area contributed by atoms with Crippen LogP contribution in [-0.4, -0.2) is 13.7 Å². The number of methoxy groups -OCH3 is 1. The minimum Gasteiger partial charge on any atom is -0.495 e. The van der Waals surface area contributed by atoms with E-state index in [1.165, 1.54) is 4.88 Å². The number of thiophene rings is 1. The number of rotatable bonds is 5. The van der Waals surface area contributed by atoms with Crippen LogP contribution in [0.5, 0.6) is 5.75 Å². The van der Waals surface area contributed by atoms with Crippen LogP contribution in [0.2, 0.25) is 5.02 Å². The highest BCUT2D eigenvalue weighted by molar-refractivity contribution is 7.09. The zero-order valence-corrected chi connectivity index (χ0v) is 12.1. The molecule has 1 aromatic carbocycles. The summed E-state index contributed by atoms with van der Waals surface area (Å²) in [7, 11) is 1.66. The first-order valence-electron chi connectivity index (χ1n) is 5.81. The van der Waals surface area contributed by atoms with E-state index in [9.17, 15) is 0 Å². The van der Waals surface area contributed by atoms with E-state index < -0.39 is 0 Å². The van der Waals surface area contributed by atoms with Crippen LogP contribution in [0.4, 0.5) is 5.69 Å². The molecule has 18 heavy (non-hydrogen) atoms. The van der Waals surface area contributed by atoms with E-state index in [2.05, 4.69) is 22.8 Å². The number of ether oxygens (including phenoxy) is 1. The molecule has 0 saturated heterocycles. The summed E-state index contributed by atoms with van der Waals surface area (Å²) in [6.07, 6.45) is 1.02. The zero-order chi connectivity index (χ0) is 13.0. The van der Waals surface area contributed by atoms with Gasteiger partial charge in [-0.3, -0.25) is 0 Å². The first-order valence-corrected chi connectivity index (χ1v) is 7.07. The average molecular weight is 282 g/mol. The van der Waals surface area contributed by atoms with Crippen LogP contribution >= 0.6 is 22.9 Å². The highest BCUT2D eigenvalue weighted by atomic mass is 35.5. The van der Waals surface area contributed by atoms with Crippen molar-refractivity contribution in [1.82, 2.24) is 0 Å². The molecule has 0 radical (unpaired) electrons. The maximum absolute atomic E-state index is 6.07. The summed E-state index contributed by atoms with van der Waals surface area (Å²) in [5, 5.41) is 6.23. The molecular formula is C14H16ClNOS. The standard InChI is InChI=1S/C14H16ClNOS/c1-10-8-13(14(17-2)9-12(10)15)16-6-5-11-4-3-7-18-11/h3-4,7-9,16H,5-6H2,1-2H3. The fraction of sp³-hybridized carbons (Fsp3) is 0.286. The van der Waals surface area contributed by atoms with Gasteiger partial charge in [0.15, 0.2) is 0 Å². The molecule has 1 N–H and O–H groups in total. The molecule has 0 fully saturated rings. The minimum absolute atomic E-state index is 0.732. The topological polar surface area (TPSA) is 21.3 Å². The molecule has 1 aromatic heterocycles. The second-order valence-electron chi connectivity index (χ2n) is 4.06. The molecule has 0 aliphatic carbocycles. The van der Waals surface area contributed by atoms with E-state index in [1.54, 1.807) is 18.4 Å². The van der Waals surface area contributed by atoms with Crippen LogP contribution in [-0.2, 0) is 6.42 Å². The lowest BCUT2D eigenvalue weighted by molar-refractivity contribution is 0.416. The lowest BCUT2D eigenvalue weighted by Crippen LogP contribution is -2.05. The molecule has 1 heterocycles. The summed E-state index contributed by atoms with van der Waals surface area (Å²) >= 11 is 7.85. The van der Waals surface area contributed by atoms with Gasteiger partial charge in [-0.25, -0.2) is 0 Å². The lowest BCUT2D eigenvalue weighted by atomic mass is 10.2. The van der Waals surface area contributed by atoms with Crippen LogP contribution in [0.1, 0.15) is 10.4 Å². The molecular weight excluding hydrogens is 266 g/mol. The Morgan fingerprint density at radius 1 is 1.39 bits per heavy atom. The van der Waals surface area contributed by atoms with Gasteiger partial charge in [-0.1, -0.05) is 17.7 Å². The van der Waals surface area contributed by atoms with Crippen molar-refractivity contribution in [3.8, 4) is 5.75 Å². The summed E-state index contributed by atoms with van der Waals surface area (Å²) in [5.74, 6) is 0.789. The van der Waals surface area contributed by atoms with Gasteiger partial charge in [-0.15, -0.1) is 11.3 Å². The highest BCUT2D eigenvalue weighted by Crippen LogP contribution is 2.30. The van der Waals surface area contributed by atoms with E-state index in [0.29, 0.717) is 0 Å². The summed E-state index contributed by atoms with van der Waals surface area (Å²) in [6, 6.07) is 8.10. The third-order valence-electron chi connectivity index (χ3n) is 2.75. The first kappa shape index (κ1) is 13.2. The molecule has 0 spiro atoms. The molecule has 0 bridgehead atoms. The molecule has 2 nitrogen and oxygen atoms in total. The SMILES string of the molecule is COc1cc(Cl)c(C)cc1NCCc1cccs1. The van der Waals surface area contributed by atoms with Gasteiger partial charge in [0, 0.05) is 22.5 Å². The van der Waals surface area contributed by atoms with Crippen molar-refractivity contribution in [3.63, 3.8) is 0 Å². The Kier molecular flexibility index (Phi) is 4.50. The third-order valence-corrected chi connectivity index (χ3v) is 4.09. The van der Waals surface area contributed by atoms with Crippen molar-refractivity contribution >= 4 is 28.6 Å². The zero-order valence-electron chi connectivity index (χ0n) is 10.5. The Hall–Kier alpha value is -1.19. The van der Waals surface area contributed by atoms with E-state index in [-0.39, 0.29) is 0 Å². The Bertz CT molecular complexity index is 511. The Labute approximate surface area is 117 Å². The normalized spacial score (nSPS) is 10.4. The van der Waals surface area contributed by atoms with Gasteiger partial charge < -0.3 is 10.1 Å². The predicted molar refractivity (Wildman–Crippen MR) is 79.3 cm³/mol. The van der Waals surface area contributed by atoms with Crippen LogP contribution in [0, 0.1) is 6.92 Å². The summed E-state index contributed by atoms with van der Waals surface area (Å²) in [6.45, 7) is 2.88. The summed E-state index contributed by atoms with van der Waals surface area (Å²) in [5.41, 5.74) is 2.05. The maximum atomic E-state index is 6.07. The van der Waals surface area contributed by atoms with Gasteiger partial charge in [0.25, 0.3) is 0 Å². The van der Waals surface area contributed by atoms with Crippen LogP contribution < -0.4 is 10.1 Å². The van der Waals surface area contributed by atoms with Crippen molar-refractivity contribution in [3.05, 3.63) is 45.1 Å². The first-order chi connectivity index (χ1) is 8.70. The predicted octanol–water partition coefficient (Wildman–Crippen LogP) is 4.37. The van der Waals surface area contributed by atoms with E-state index in [1.807, 2.05) is 19.1 Å². The van der Waals surface area contributed by atoms with Gasteiger partial charge in [-0.05, 0) is 36.4 Å². The van der Waals surface area contributed by atoms with Crippen molar-refractivity contribution in [2.45, 2.75) is 13.3 Å². The molecule has 96 valence electrons. The second kappa shape index (κ2) is 6.12. The lowest BCUT2D eigenvalue weighted by Gasteiger charge is -2.12. The second-order valence-corrected chi connectivity index (χ2v) is 5.50. The maximum Gasteiger partial charge on any atom is 0.143 e. The number of hydrogen-bond donors (Lipinski definition) is 1. The quantitative estimate of drug-likeness (QED) is 0.878. The Morgan fingerprint density at radius 3 is 2.89 bits per heavy atom. The molecule has 0 aliphatic rings. The van der Waals surface area contributed by atoms with Crippen molar-refractivity contribution < 1.29 is 4.74 Å². The molecule has 2 aromatic rings. The van der Waals surface area contributed by atoms with Crippen LogP contribution in [0.25, 0.3) is 0 Å². The molecule has 0 amide bonds. The van der Waals surface area contributed by atoms with E-state index in [4.69, 9.17) is 16.3 Å². The number of anilines is 1. The number of aryl methyl sites for hydroxylation is 1. The van der Waals surface area contributed by atoms with Gasteiger partial charge in [0.05, 0.1) is 12.8 Å². The van der Waals surface area contributed by atoms with E-state index >= 15 is 0 Å². The summed E-state index contributed by atoms with van der Waals surface area (Å²) < 4.78 is 5.32. The highest BCUT2D eigenvalue weighted by Gasteiger charge is 2.06. The molecule has 2 rings (SSSR count). The minimum atomic E-state index is 0.732. The van der Waals surface area contributed by atoms with Crippen LogP contribution in [0.3, 0.4) is 0 Å². The third kappa shape index (κ3) is 3.18. The monoisotopic (exact) mass is 281 g/mol. The molecule has 0 saturated carbocycles. The molecule has 4 heteroatoms. The van der Waals surface area contributed by atoms with E-state index in [0.717, 1.165) is 35.0 Å². The van der Waals surface area contributed by atoms with Crippen molar-refractivity contribution in [2.24, 2.45) is 0 Å². The van der Waals surface area contributed by atoms with Gasteiger partial charge in [0.1, 0.15) is 5.75 Å². The number of benzene rings is 1. The van der Waals surface area contributed by atoms with Gasteiger partial charge >= 0.3 is 0 Å². The molecule has 0 atom stereocenters. The molecule has 0 unspecified atom stereocenters. The fourth-order valence-corrected chi connectivity index (χ4v) is 2.61. The fourth-order valence-electron chi connectivity index (χ4n) is 1.75.